The van der Waals surface area contributed by atoms with E-state index in [0.717, 1.165) is 38.2 Å². The van der Waals surface area contributed by atoms with E-state index in [1.54, 1.807) is 13.0 Å². The molecule has 1 fully saturated rings. The van der Waals surface area contributed by atoms with Crippen molar-refractivity contribution in [3.63, 3.8) is 0 Å². The Bertz CT molecular complexity index is 432. The van der Waals surface area contributed by atoms with Crippen molar-refractivity contribution in [3.05, 3.63) is 35.1 Å². The molecule has 0 aromatic heterocycles. The van der Waals surface area contributed by atoms with Gasteiger partial charge in [0.1, 0.15) is 5.82 Å². The molecule has 0 saturated carbocycles. The van der Waals surface area contributed by atoms with Gasteiger partial charge in [0.2, 0.25) is 0 Å². The second kappa shape index (κ2) is 7.16. The maximum atomic E-state index is 13.7. The van der Waals surface area contributed by atoms with Gasteiger partial charge in [-0.1, -0.05) is 12.1 Å². The zero-order valence-corrected chi connectivity index (χ0v) is 12.4. The lowest BCUT2D eigenvalue weighted by Gasteiger charge is -2.32. The van der Waals surface area contributed by atoms with E-state index in [-0.39, 0.29) is 11.9 Å². The van der Waals surface area contributed by atoms with E-state index in [1.165, 1.54) is 0 Å². The first-order valence-electron chi connectivity index (χ1n) is 7.36. The van der Waals surface area contributed by atoms with Crippen LogP contribution in [0.15, 0.2) is 18.2 Å². The fraction of sp³-hybridized carbons (Fsp3) is 0.625. The topological polar surface area (TPSA) is 38.5 Å². The van der Waals surface area contributed by atoms with Gasteiger partial charge in [0.15, 0.2) is 0 Å². The average Bonchev–Trinajstić information content (AvgIpc) is 2.44. The van der Waals surface area contributed by atoms with Crippen molar-refractivity contribution >= 4 is 0 Å². The quantitative estimate of drug-likeness (QED) is 0.900. The summed E-state index contributed by atoms with van der Waals surface area (Å²) >= 11 is 0. The summed E-state index contributed by atoms with van der Waals surface area (Å²) < 4.78 is 19.1. The lowest BCUT2D eigenvalue weighted by molar-refractivity contribution is 0.0507. The van der Waals surface area contributed by atoms with Gasteiger partial charge in [-0.2, -0.15) is 0 Å². The zero-order chi connectivity index (χ0) is 14.5. The smallest absolute Gasteiger partial charge is 0.126 e. The minimum absolute atomic E-state index is 0.0768. The number of nitrogens with zero attached hydrogens (tertiary/aromatic N) is 1. The van der Waals surface area contributed by atoms with Crippen LogP contribution in [0.5, 0.6) is 0 Å². The summed E-state index contributed by atoms with van der Waals surface area (Å²) in [6.45, 7) is 4.97. The third-order valence-corrected chi connectivity index (χ3v) is 4.22. The van der Waals surface area contributed by atoms with Crippen LogP contribution in [0.1, 0.15) is 30.0 Å². The molecule has 1 aliphatic heterocycles. The Hall–Kier alpha value is -0.970. The molecular formula is C16H25FN2O. The highest BCUT2D eigenvalue weighted by molar-refractivity contribution is 5.26. The van der Waals surface area contributed by atoms with E-state index in [4.69, 9.17) is 10.5 Å². The van der Waals surface area contributed by atoms with E-state index in [1.807, 2.05) is 12.1 Å². The first-order chi connectivity index (χ1) is 9.61. The van der Waals surface area contributed by atoms with Crippen molar-refractivity contribution in [2.75, 3.05) is 33.4 Å². The first kappa shape index (κ1) is 15.4. The second-order valence-electron chi connectivity index (χ2n) is 5.76. The maximum absolute atomic E-state index is 13.7. The highest BCUT2D eigenvalue weighted by Gasteiger charge is 2.21. The molecule has 1 heterocycles. The standard InChI is InChI=1S/C16H25FN2O/c1-12-3-4-14(9-15(12)17)16(10-18)19(2)11-13-5-7-20-8-6-13/h3-4,9,13,16H,5-8,10-11,18H2,1-2H3. The third kappa shape index (κ3) is 3.78. The molecule has 3 nitrogen and oxygen atoms in total. The van der Waals surface area contributed by atoms with Gasteiger partial charge in [-0.15, -0.1) is 0 Å². The summed E-state index contributed by atoms with van der Waals surface area (Å²) in [6.07, 6.45) is 2.20. The van der Waals surface area contributed by atoms with Gasteiger partial charge in [0.05, 0.1) is 0 Å². The van der Waals surface area contributed by atoms with Crippen molar-refractivity contribution in [2.24, 2.45) is 11.7 Å². The average molecular weight is 280 g/mol. The molecule has 4 heteroatoms. The van der Waals surface area contributed by atoms with E-state index in [9.17, 15) is 4.39 Å². The molecule has 1 aliphatic rings. The third-order valence-electron chi connectivity index (χ3n) is 4.22. The number of likely N-dealkylation sites (N-methyl/N-ethyl adjacent to an activating group) is 1. The molecule has 1 saturated heterocycles. The number of ether oxygens (including phenoxy) is 1. The number of hydrogen-bond acceptors (Lipinski definition) is 3. The van der Waals surface area contributed by atoms with Crippen LogP contribution in [-0.4, -0.2) is 38.3 Å². The Morgan fingerprint density at radius 3 is 2.70 bits per heavy atom. The van der Waals surface area contributed by atoms with Crippen molar-refractivity contribution in [1.29, 1.82) is 0 Å². The lowest BCUT2D eigenvalue weighted by atomic mass is 9.97. The minimum Gasteiger partial charge on any atom is -0.381 e. The molecule has 0 spiro atoms. The number of hydrogen-bond donors (Lipinski definition) is 1. The molecule has 0 radical (unpaired) electrons. The Morgan fingerprint density at radius 1 is 1.40 bits per heavy atom. The molecule has 1 aromatic carbocycles. The molecule has 1 unspecified atom stereocenters. The van der Waals surface area contributed by atoms with Gasteiger partial charge in [-0.25, -0.2) is 4.39 Å². The molecule has 2 N–H and O–H groups in total. The van der Waals surface area contributed by atoms with E-state index < -0.39 is 0 Å². The van der Waals surface area contributed by atoms with Crippen LogP contribution >= 0.6 is 0 Å². The van der Waals surface area contributed by atoms with Crippen LogP contribution in [0.2, 0.25) is 0 Å². The SMILES string of the molecule is Cc1ccc(C(CN)N(C)CC2CCOCC2)cc1F. The molecule has 0 bridgehead atoms. The highest BCUT2D eigenvalue weighted by Crippen LogP contribution is 2.24. The molecule has 0 aliphatic carbocycles. The summed E-state index contributed by atoms with van der Waals surface area (Å²) in [5.74, 6) is 0.499. The normalized spacial score (nSPS) is 18.4. The molecule has 20 heavy (non-hydrogen) atoms. The Balaban J connectivity index is 2.03. The number of benzene rings is 1. The van der Waals surface area contributed by atoms with Crippen molar-refractivity contribution < 1.29 is 9.13 Å². The Morgan fingerprint density at radius 2 is 2.10 bits per heavy atom. The monoisotopic (exact) mass is 280 g/mol. The summed E-state index contributed by atoms with van der Waals surface area (Å²) in [5, 5.41) is 0. The molecule has 1 aromatic rings. The van der Waals surface area contributed by atoms with Crippen LogP contribution in [0.3, 0.4) is 0 Å². The Labute approximate surface area is 120 Å². The molecule has 2 rings (SSSR count). The van der Waals surface area contributed by atoms with Gasteiger partial charge in [0, 0.05) is 32.3 Å². The predicted molar refractivity (Wildman–Crippen MR) is 79.1 cm³/mol. The largest absolute Gasteiger partial charge is 0.381 e. The van der Waals surface area contributed by atoms with Crippen molar-refractivity contribution in [1.82, 2.24) is 4.90 Å². The van der Waals surface area contributed by atoms with E-state index >= 15 is 0 Å². The van der Waals surface area contributed by atoms with Crippen LogP contribution in [0.4, 0.5) is 4.39 Å². The zero-order valence-electron chi connectivity index (χ0n) is 12.4. The van der Waals surface area contributed by atoms with Gasteiger partial charge in [0.25, 0.3) is 0 Å². The maximum Gasteiger partial charge on any atom is 0.126 e. The Kier molecular flexibility index (Phi) is 5.52. The lowest BCUT2D eigenvalue weighted by Crippen LogP contribution is -2.36. The minimum atomic E-state index is -0.152. The van der Waals surface area contributed by atoms with Crippen LogP contribution < -0.4 is 5.73 Å². The fourth-order valence-corrected chi connectivity index (χ4v) is 2.85. The summed E-state index contributed by atoms with van der Waals surface area (Å²) in [6, 6.07) is 5.51. The number of halogens is 1. The van der Waals surface area contributed by atoms with Gasteiger partial charge in [-0.3, -0.25) is 4.90 Å². The van der Waals surface area contributed by atoms with Crippen LogP contribution in [-0.2, 0) is 4.74 Å². The summed E-state index contributed by atoms with van der Waals surface area (Å²) in [4.78, 5) is 2.25. The van der Waals surface area contributed by atoms with Gasteiger partial charge >= 0.3 is 0 Å². The molecule has 1 atom stereocenters. The first-order valence-corrected chi connectivity index (χ1v) is 7.36. The second-order valence-corrected chi connectivity index (χ2v) is 5.76. The van der Waals surface area contributed by atoms with E-state index in [0.29, 0.717) is 18.0 Å². The molecule has 0 amide bonds. The molecular weight excluding hydrogens is 255 g/mol. The van der Waals surface area contributed by atoms with Crippen LogP contribution in [0.25, 0.3) is 0 Å². The summed E-state index contributed by atoms with van der Waals surface area (Å²) in [5.41, 5.74) is 7.55. The van der Waals surface area contributed by atoms with Gasteiger partial charge in [-0.05, 0) is 49.9 Å². The van der Waals surface area contributed by atoms with Crippen molar-refractivity contribution in [2.45, 2.75) is 25.8 Å². The number of nitrogens with two attached hydrogens (primary N) is 1. The number of rotatable bonds is 5. The number of aryl methyl sites for hydroxylation is 1. The summed E-state index contributed by atoms with van der Waals surface area (Å²) in [7, 11) is 2.07. The van der Waals surface area contributed by atoms with Crippen molar-refractivity contribution in [3.8, 4) is 0 Å². The van der Waals surface area contributed by atoms with Gasteiger partial charge < -0.3 is 10.5 Å². The van der Waals surface area contributed by atoms with E-state index in [2.05, 4.69) is 11.9 Å². The predicted octanol–water partition coefficient (Wildman–Crippen LogP) is 2.49. The van der Waals surface area contributed by atoms with Crippen LogP contribution in [0, 0.1) is 18.7 Å². The highest BCUT2D eigenvalue weighted by atomic mass is 19.1. The molecule has 112 valence electrons. The fourth-order valence-electron chi connectivity index (χ4n) is 2.85.